The van der Waals surface area contributed by atoms with Gasteiger partial charge in [0.25, 0.3) is 0 Å². The molecule has 0 spiro atoms. The highest BCUT2D eigenvalue weighted by atomic mass is 127. The van der Waals surface area contributed by atoms with E-state index in [4.69, 9.17) is 15.2 Å². The van der Waals surface area contributed by atoms with E-state index >= 15 is 0 Å². The van der Waals surface area contributed by atoms with Crippen molar-refractivity contribution in [3.63, 3.8) is 0 Å². The summed E-state index contributed by atoms with van der Waals surface area (Å²) in [5, 5.41) is 3.16. The normalized spacial score (nSPS) is 10.9. The van der Waals surface area contributed by atoms with Gasteiger partial charge in [-0.15, -0.1) is 24.0 Å². The van der Waals surface area contributed by atoms with Crippen LogP contribution in [0.5, 0.6) is 11.5 Å². The molecule has 0 fully saturated rings. The Morgan fingerprint density at radius 2 is 1.83 bits per heavy atom. The van der Waals surface area contributed by atoms with Gasteiger partial charge < -0.3 is 20.5 Å². The molecule has 0 bridgehead atoms. The van der Waals surface area contributed by atoms with E-state index in [1.165, 1.54) is 24.8 Å². The predicted octanol–water partition coefficient (Wildman–Crippen LogP) is 3.74. The molecule has 138 valence electrons. The summed E-state index contributed by atoms with van der Waals surface area (Å²) in [7, 11) is 3.29. The molecule has 0 amide bonds. The maximum atomic E-state index is 5.85. The first-order valence-electron chi connectivity index (χ1n) is 8.46. The number of nitrogens with one attached hydrogen (secondary N) is 1. The molecule has 6 heteroatoms. The van der Waals surface area contributed by atoms with Gasteiger partial charge in [-0.25, -0.2) is 0 Å². The van der Waals surface area contributed by atoms with Crippen LogP contribution >= 0.6 is 24.0 Å². The highest BCUT2D eigenvalue weighted by Crippen LogP contribution is 2.27. The van der Waals surface area contributed by atoms with Gasteiger partial charge in [-0.3, -0.25) is 4.99 Å². The number of aliphatic imine (C=N–C) groups is 1. The second-order valence-electron chi connectivity index (χ2n) is 5.55. The first kappa shape index (κ1) is 22.8. The lowest BCUT2D eigenvalue weighted by atomic mass is 10.1. The second kappa shape index (κ2) is 14.2. The quantitative estimate of drug-likeness (QED) is 0.234. The van der Waals surface area contributed by atoms with E-state index in [-0.39, 0.29) is 24.0 Å². The first-order chi connectivity index (χ1) is 11.2. The summed E-state index contributed by atoms with van der Waals surface area (Å²) in [5.41, 5.74) is 7.07. The van der Waals surface area contributed by atoms with Crippen LogP contribution in [0.25, 0.3) is 0 Å². The summed E-state index contributed by atoms with van der Waals surface area (Å²) in [6, 6.07) is 6.00. The molecule has 3 N–H and O–H groups in total. The highest BCUT2D eigenvalue weighted by molar-refractivity contribution is 14.0. The largest absolute Gasteiger partial charge is 0.493 e. The average Bonchev–Trinajstić information content (AvgIpc) is 2.58. The van der Waals surface area contributed by atoms with Crippen molar-refractivity contribution in [1.29, 1.82) is 0 Å². The lowest BCUT2D eigenvalue weighted by molar-refractivity contribution is 0.354. The fraction of sp³-hybridized carbons (Fsp3) is 0.611. The number of unbranched alkanes of at least 4 members (excludes halogenated alkanes) is 3. The number of hydrogen-bond donors (Lipinski definition) is 2. The van der Waals surface area contributed by atoms with E-state index in [1.54, 1.807) is 14.2 Å². The van der Waals surface area contributed by atoms with Crippen molar-refractivity contribution in [3.8, 4) is 11.5 Å². The van der Waals surface area contributed by atoms with Crippen LogP contribution in [0.3, 0.4) is 0 Å². The van der Waals surface area contributed by atoms with Crippen LogP contribution in [0.2, 0.25) is 0 Å². The Kier molecular flexibility index (Phi) is 13.5. The van der Waals surface area contributed by atoms with Crippen molar-refractivity contribution in [3.05, 3.63) is 23.8 Å². The van der Waals surface area contributed by atoms with E-state index < -0.39 is 0 Å². The molecule has 0 radical (unpaired) electrons. The monoisotopic (exact) mass is 449 g/mol. The van der Waals surface area contributed by atoms with Gasteiger partial charge in [-0.2, -0.15) is 0 Å². The molecule has 0 saturated heterocycles. The Hall–Kier alpha value is -1.18. The third kappa shape index (κ3) is 9.20. The van der Waals surface area contributed by atoms with Crippen LogP contribution in [-0.2, 0) is 6.42 Å². The highest BCUT2D eigenvalue weighted by Gasteiger charge is 2.04. The number of hydrogen-bond acceptors (Lipinski definition) is 3. The summed E-state index contributed by atoms with van der Waals surface area (Å²) in [5.74, 6) is 2.07. The van der Waals surface area contributed by atoms with Crippen LogP contribution in [0.15, 0.2) is 23.2 Å². The number of nitrogens with two attached hydrogens (primary N) is 1. The third-order valence-electron chi connectivity index (χ3n) is 3.69. The number of nitrogens with zero attached hydrogens (tertiary/aromatic N) is 1. The minimum absolute atomic E-state index is 0. The molecule has 5 nitrogen and oxygen atoms in total. The van der Waals surface area contributed by atoms with Gasteiger partial charge in [0.2, 0.25) is 0 Å². The zero-order chi connectivity index (χ0) is 16.9. The van der Waals surface area contributed by atoms with E-state index in [9.17, 15) is 0 Å². The standard InChI is InChI=1S/C18H31N3O2.HI/c1-4-5-6-7-12-20-18(19)21-13-8-9-15-10-11-16(22-2)17(14-15)23-3;/h10-11,14H,4-9,12-13H2,1-3H3,(H3,19,20,21);1H. The number of guanidine groups is 1. The lowest BCUT2D eigenvalue weighted by Crippen LogP contribution is -2.32. The molecular weight excluding hydrogens is 417 g/mol. The number of methoxy groups -OCH3 is 2. The van der Waals surface area contributed by atoms with Crippen molar-refractivity contribution in [2.45, 2.75) is 45.4 Å². The van der Waals surface area contributed by atoms with Crippen molar-refractivity contribution in [2.75, 3.05) is 27.3 Å². The van der Waals surface area contributed by atoms with Crippen molar-refractivity contribution in [2.24, 2.45) is 10.7 Å². The van der Waals surface area contributed by atoms with E-state index in [0.29, 0.717) is 5.96 Å². The lowest BCUT2D eigenvalue weighted by Gasteiger charge is -2.09. The first-order valence-corrected chi connectivity index (χ1v) is 8.46. The molecule has 1 rings (SSSR count). The van der Waals surface area contributed by atoms with Crippen molar-refractivity contribution in [1.82, 2.24) is 5.32 Å². The summed E-state index contributed by atoms with van der Waals surface area (Å²) in [4.78, 5) is 4.36. The minimum atomic E-state index is 0. The van der Waals surface area contributed by atoms with Gasteiger partial charge in [0.15, 0.2) is 17.5 Å². The summed E-state index contributed by atoms with van der Waals surface area (Å²) in [6.45, 7) is 3.84. The summed E-state index contributed by atoms with van der Waals surface area (Å²) in [6.07, 6.45) is 6.82. The third-order valence-corrected chi connectivity index (χ3v) is 3.69. The van der Waals surface area contributed by atoms with Crippen molar-refractivity contribution < 1.29 is 9.47 Å². The number of aryl methyl sites for hydroxylation is 1. The molecule has 0 aliphatic rings. The van der Waals surface area contributed by atoms with Crippen molar-refractivity contribution >= 4 is 29.9 Å². The van der Waals surface area contributed by atoms with E-state index in [1.807, 2.05) is 12.1 Å². The average molecular weight is 449 g/mol. The van der Waals surface area contributed by atoms with Gasteiger partial charge in [0.05, 0.1) is 14.2 Å². The smallest absolute Gasteiger partial charge is 0.188 e. The predicted molar refractivity (Wildman–Crippen MR) is 112 cm³/mol. The molecule has 1 aromatic carbocycles. The fourth-order valence-corrected chi connectivity index (χ4v) is 2.34. The van der Waals surface area contributed by atoms with Crippen LogP contribution in [0.4, 0.5) is 0 Å². The van der Waals surface area contributed by atoms with Crippen LogP contribution in [0.1, 0.15) is 44.6 Å². The summed E-state index contributed by atoms with van der Waals surface area (Å²) < 4.78 is 10.5. The number of benzene rings is 1. The Morgan fingerprint density at radius 3 is 2.50 bits per heavy atom. The zero-order valence-corrected chi connectivity index (χ0v) is 17.5. The summed E-state index contributed by atoms with van der Waals surface area (Å²) >= 11 is 0. The Bertz CT molecular complexity index is 481. The number of rotatable bonds is 11. The van der Waals surface area contributed by atoms with E-state index in [0.717, 1.165) is 43.9 Å². The molecule has 0 heterocycles. The molecular formula is C18H32IN3O2. The molecule has 0 aromatic heterocycles. The SMILES string of the molecule is CCCCCCNC(N)=NCCCc1ccc(OC)c(OC)c1.I. The fourth-order valence-electron chi connectivity index (χ4n) is 2.34. The number of halogens is 1. The minimum Gasteiger partial charge on any atom is -0.493 e. The van der Waals surface area contributed by atoms with Gasteiger partial charge in [-0.1, -0.05) is 32.3 Å². The number of ether oxygens (including phenoxy) is 2. The molecule has 0 aliphatic carbocycles. The molecule has 0 unspecified atom stereocenters. The Morgan fingerprint density at radius 1 is 1.08 bits per heavy atom. The Labute approximate surface area is 163 Å². The molecule has 0 atom stereocenters. The van der Waals surface area contributed by atoms with Crippen LogP contribution in [0, 0.1) is 0 Å². The maximum absolute atomic E-state index is 5.85. The molecule has 1 aromatic rings. The Balaban J connectivity index is 0.00000529. The zero-order valence-electron chi connectivity index (χ0n) is 15.1. The van der Waals surface area contributed by atoms with Gasteiger partial charge >= 0.3 is 0 Å². The maximum Gasteiger partial charge on any atom is 0.188 e. The van der Waals surface area contributed by atoms with Crippen LogP contribution < -0.4 is 20.5 Å². The topological polar surface area (TPSA) is 68.9 Å². The molecule has 0 saturated carbocycles. The van der Waals surface area contributed by atoms with E-state index in [2.05, 4.69) is 23.3 Å². The van der Waals surface area contributed by atoms with Gasteiger partial charge in [0, 0.05) is 13.1 Å². The van der Waals surface area contributed by atoms with Gasteiger partial charge in [0.1, 0.15) is 0 Å². The molecule has 24 heavy (non-hydrogen) atoms. The van der Waals surface area contributed by atoms with Crippen LogP contribution in [-0.4, -0.2) is 33.3 Å². The molecule has 0 aliphatic heterocycles. The van der Waals surface area contributed by atoms with Gasteiger partial charge in [-0.05, 0) is 37.0 Å². The second-order valence-corrected chi connectivity index (χ2v) is 5.55.